The summed E-state index contributed by atoms with van der Waals surface area (Å²) in [6.07, 6.45) is 1.17. The Morgan fingerprint density at radius 1 is 1.22 bits per heavy atom. The van der Waals surface area contributed by atoms with Crippen molar-refractivity contribution in [2.75, 3.05) is 19.6 Å². The third kappa shape index (κ3) is 4.35. The van der Waals surface area contributed by atoms with E-state index in [1.165, 1.54) is 6.07 Å². The second-order valence-corrected chi connectivity index (χ2v) is 4.49. The molecule has 0 heterocycles. The summed E-state index contributed by atoms with van der Waals surface area (Å²) in [5.74, 6) is -1.57. The van der Waals surface area contributed by atoms with Crippen LogP contribution in [0, 0.1) is 11.6 Å². The molecule has 1 aromatic rings. The van der Waals surface area contributed by atoms with E-state index < -0.39 is 11.6 Å². The number of nitrogens with zero attached hydrogens (tertiary/aromatic N) is 1. The Balaban J connectivity index is 2.49. The van der Waals surface area contributed by atoms with Gasteiger partial charge in [-0.1, -0.05) is 26.0 Å². The lowest BCUT2D eigenvalue weighted by atomic mass is 10.0. The van der Waals surface area contributed by atoms with E-state index in [1.54, 1.807) is 6.07 Å². The standard InChI is InChI=1S/C14H22F2N2/c1-3-18(4-2)9-8-12(17)10-11-6-5-7-13(15)14(11)16/h5-7,12H,3-4,8-10,17H2,1-2H3. The molecule has 0 aromatic heterocycles. The van der Waals surface area contributed by atoms with Crippen molar-refractivity contribution in [2.24, 2.45) is 5.73 Å². The molecule has 0 spiro atoms. The van der Waals surface area contributed by atoms with Crippen LogP contribution in [0.4, 0.5) is 8.78 Å². The first kappa shape index (κ1) is 15.1. The maximum absolute atomic E-state index is 13.5. The number of benzene rings is 1. The molecule has 0 aliphatic heterocycles. The molecule has 18 heavy (non-hydrogen) atoms. The summed E-state index contributed by atoms with van der Waals surface area (Å²) in [6.45, 7) is 7.06. The van der Waals surface area contributed by atoms with Crippen LogP contribution in [0.25, 0.3) is 0 Å². The quantitative estimate of drug-likeness (QED) is 0.812. The summed E-state index contributed by atoms with van der Waals surface area (Å²) in [5, 5.41) is 0. The highest BCUT2D eigenvalue weighted by molar-refractivity contribution is 5.19. The van der Waals surface area contributed by atoms with Gasteiger partial charge in [-0.25, -0.2) is 8.78 Å². The molecule has 0 bridgehead atoms. The van der Waals surface area contributed by atoms with E-state index in [9.17, 15) is 8.78 Å². The van der Waals surface area contributed by atoms with Gasteiger partial charge in [0.1, 0.15) is 0 Å². The van der Waals surface area contributed by atoms with Crippen molar-refractivity contribution in [3.63, 3.8) is 0 Å². The number of hydrogen-bond acceptors (Lipinski definition) is 2. The molecule has 1 unspecified atom stereocenters. The molecule has 0 aliphatic carbocycles. The van der Waals surface area contributed by atoms with Crippen LogP contribution in [-0.2, 0) is 6.42 Å². The lowest BCUT2D eigenvalue weighted by Gasteiger charge is -2.20. The summed E-state index contributed by atoms with van der Waals surface area (Å²) >= 11 is 0. The molecular weight excluding hydrogens is 234 g/mol. The Bertz CT molecular complexity index is 365. The van der Waals surface area contributed by atoms with Gasteiger partial charge in [-0.05, 0) is 44.1 Å². The Hall–Kier alpha value is -1.00. The largest absolute Gasteiger partial charge is 0.327 e. The predicted molar refractivity (Wildman–Crippen MR) is 70.4 cm³/mol. The fourth-order valence-corrected chi connectivity index (χ4v) is 1.98. The van der Waals surface area contributed by atoms with Crippen LogP contribution >= 0.6 is 0 Å². The minimum atomic E-state index is -0.802. The van der Waals surface area contributed by atoms with E-state index in [0.29, 0.717) is 12.0 Å². The second kappa shape index (κ2) is 7.44. The molecule has 1 atom stereocenters. The molecule has 1 aromatic carbocycles. The summed E-state index contributed by atoms with van der Waals surface area (Å²) in [4.78, 5) is 2.27. The van der Waals surface area contributed by atoms with E-state index in [2.05, 4.69) is 18.7 Å². The van der Waals surface area contributed by atoms with Crippen molar-refractivity contribution in [2.45, 2.75) is 32.7 Å². The fraction of sp³-hybridized carbons (Fsp3) is 0.571. The van der Waals surface area contributed by atoms with Gasteiger partial charge in [0.15, 0.2) is 11.6 Å². The summed E-state index contributed by atoms with van der Waals surface area (Å²) in [5.41, 5.74) is 6.33. The van der Waals surface area contributed by atoms with Crippen LogP contribution in [-0.4, -0.2) is 30.6 Å². The molecule has 2 nitrogen and oxygen atoms in total. The molecule has 0 amide bonds. The van der Waals surface area contributed by atoms with Crippen molar-refractivity contribution >= 4 is 0 Å². The first-order valence-corrected chi connectivity index (χ1v) is 6.49. The summed E-state index contributed by atoms with van der Waals surface area (Å²) in [6, 6.07) is 4.10. The normalized spacial score (nSPS) is 13.0. The van der Waals surface area contributed by atoms with Crippen LogP contribution in [0.5, 0.6) is 0 Å². The molecule has 0 saturated carbocycles. The van der Waals surface area contributed by atoms with E-state index in [0.717, 1.165) is 32.1 Å². The van der Waals surface area contributed by atoms with Gasteiger partial charge >= 0.3 is 0 Å². The SMILES string of the molecule is CCN(CC)CCC(N)Cc1cccc(F)c1F. The third-order valence-corrected chi connectivity index (χ3v) is 3.22. The highest BCUT2D eigenvalue weighted by Gasteiger charge is 2.12. The molecule has 1 rings (SSSR count). The fourth-order valence-electron chi connectivity index (χ4n) is 1.98. The van der Waals surface area contributed by atoms with Gasteiger partial charge in [-0.15, -0.1) is 0 Å². The summed E-state index contributed by atoms with van der Waals surface area (Å²) < 4.78 is 26.5. The Kier molecular flexibility index (Phi) is 6.22. The average Bonchev–Trinajstić information content (AvgIpc) is 2.36. The highest BCUT2D eigenvalue weighted by Crippen LogP contribution is 2.13. The highest BCUT2D eigenvalue weighted by atomic mass is 19.2. The zero-order valence-electron chi connectivity index (χ0n) is 11.1. The summed E-state index contributed by atoms with van der Waals surface area (Å²) in [7, 11) is 0. The van der Waals surface area contributed by atoms with E-state index in [4.69, 9.17) is 5.73 Å². The molecule has 0 fully saturated rings. The van der Waals surface area contributed by atoms with Crippen molar-refractivity contribution < 1.29 is 8.78 Å². The molecular formula is C14H22F2N2. The van der Waals surface area contributed by atoms with Crippen LogP contribution < -0.4 is 5.73 Å². The van der Waals surface area contributed by atoms with Crippen molar-refractivity contribution in [1.82, 2.24) is 4.90 Å². The van der Waals surface area contributed by atoms with Crippen LogP contribution in [0.1, 0.15) is 25.8 Å². The Labute approximate surface area is 108 Å². The number of nitrogens with two attached hydrogens (primary N) is 1. The van der Waals surface area contributed by atoms with Gasteiger partial charge in [0.05, 0.1) is 0 Å². The van der Waals surface area contributed by atoms with E-state index in [1.807, 2.05) is 0 Å². The zero-order chi connectivity index (χ0) is 13.5. The average molecular weight is 256 g/mol. The minimum Gasteiger partial charge on any atom is -0.327 e. The van der Waals surface area contributed by atoms with Crippen molar-refractivity contribution in [3.05, 3.63) is 35.4 Å². The Morgan fingerprint density at radius 3 is 2.50 bits per heavy atom. The second-order valence-electron chi connectivity index (χ2n) is 4.49. The van der Waals surface area contributed by atoms with Crippen LogP contribution in [0.15, 0.2) is 18.2 Å². The van der Waals surface area contributed by atoms with Gasteiger partial charge in [0.25, 0.3) is 0 Å². The maximum Gasteiger partial charge on any atom is 0.162 e. The predicted octanol–water partition coefficient (Wildman–Crippen LogP) is 2.57. The molecule has 102 valence electrons. The Morgan fingerprint density at radius 2 is 1.89 bits per heavy atom. The van der Waals surface area contributed by atoms with Crippen molar-refractivity contribution in [3.8, 4) is 0 Å². The van der Waals surface area contributed by atoms with Gasteiger partial charge in [0.2, 0.25) is 0 Å². The lowest BCUT2D eigenvalue weighted by Crippen LogP contribution is -2.31. The minimum absolute atomic E-state index is 0.137. The molecule has 0 aliphatic rings. The first-order valence-electron chi connectivity index (χ1n) is 6.49. The topological polar surface area (TPSA) is 29.3 Å². The number of rotatable bonds is 7. The number of hydrogen-bond donors (Lipinski definition) is 1. The lowest BCUT2D eigenvalue weighted by molar-refractivity contribution is 0.289. The van der Waals surface area contributed by atoms with Crippen molar-refractivity contribution in [1.29, 1.82) is 0 Å². The molecule has 0 radical (unpaired) electrons. The van der Waals surface area contributed by atoms with E-state index in [-0.39, 0.29) is 6.04 Å². The van der Waals surface area contributed by atoms with Crippen LogP contribution in [0.3, 0.4) is 0 Å². The third-order valence-electron chi connectivity index (χ3n) is 3.22. The molecule has 2 N–H and O–H groups in total. The maximum atomic E-state index is 13.5. The van der Waals surface area contributed by atoms with Gasteiger partial charge in [-0.3, -0.25) is 0 Å². The zero-order valence-corrected chi connectivity index (χ0v) is 11.1. The van der Waals surface area contributed by atoms with Crippen LogP contribution in [0.2, 0.25) is 0 Å². The van der Waals surface area contributed by atoms with Gasteiger partial charge < -0.3 is 10.6 Å². The van der Waals surface area contributed by atoms with Gasteiger partial charge in [0, 0.05) is 6.04 Å². The first-order chi connectivity index (χ1) is 8.58. The van der Waals surface area contributed by atoms with Gasteiger partial charge in [-0.2, -0.15) is 0 Å². The molecule has 4 heteroatoms. The molecule has 0 saturated heterocycles. The smallest absolute Gasteiger partial charge is 0.162 e. The number of halogens is 2. The monoisotopic (exact) mass is 256 g/mol. The van der Waals surface area contributed by atoms with E-state index >= 15 is 0 Å².